The maximum atomic E-state index is 5.36. The Morgan fingerprint density at radius 2 is 1.57 bits per heavy atom. The highest BCUT2D eigenvalue weighted by Crippen LogP contribution is 2.37. The lowest BCUT2D eigenvalue weighted by Crippen LogP contribution is -1.92. The summed E-state index contributed by atoms with van der Waals surface area (Å²) in [6.45, 7) is 12.8. The van der Waals surface area contributed by atoms with E-state index in [-0.39, 0.29) is 0 Å². The molecule has 2 heterocycles. The molecule has 1 aliphatic rings. The predicted molar refractivity (Wildman–Crippen MR) is 89.3 cm³/mol. The summed E-state index contributed by atoms with van der Waals surface area (Å²) in [5, 5.41) is 2.29. The zero-order valence-electron chi connectivity index (χ0n) is 14.1. The number of aryl methyl sites for hydroxylation is 2. The van der Waals surface area contributed by atoms with Gasteiger partial charge in [0.25, 0.3) is 0 Å². The Bertz CT molecular complexity index is 577. The molecule has 0 bridgehead atoms. The molecule has 3 nitrogen and oxygen atoms in total. The topological polar surface area (TPSA) is 31.4 Å². The molecule has 0 N–H and O–H groups in total. The average molecular weight is 289 g/mol. The summed E-state index contributed by atoms with van der Waals surface area (Å²) in [5.41, 5.74) is 2.26. The van der Waals surface area contributed by atoms with Gasteiger partial charge in [0.1, 0.15) is 0 Å². The van der Waals surface area contributed by atoms with Gasteiger partial charge in [-0.2, -0.15) is 0 Å². The van der Waals surface area contributed by atoms with Gasteiger partial charge in [0.2, 0.25) is 6.79 Å². The van der Waals surface area contributed by atoms with Gasteiger partial charge in [-0.3, -0.25) is 4.98 Å². The predicted octanol–water partition coefficient (Wildman–Crippen LogP) is 5.41. The van der Waals surface area contributed by atoms with Crippen molar-refractivity contribution in [2.45, 2.75) is 54.4 Å². The van der Waals surface area contributed by atoms with E-state index in [9.17, 15) is 0 Å². The van der Waals surface area contributed by atoms with Crippen molar-refractivity contribution in [3.8, 4) is 11.5 Å². The minimum atomic E-state index is 0.317. The molecule has 1 aromatic heterocycles. The molecule has 0 radical (unpaired) electrons. The summed E-state index contributed by atoms with van der Waals surface area (Å²) in [6.07, 6.45) is 4.51. The van der Waals surface area contributed by atoms with E-state index in [1.54, 1.807) is 0 Å². The fraction of sp³-hybridized carbons (Fsp3) is 0.500. The van der Waals surface area contributed by atoms with Crippen LogP contribution in [0.1, 0.15) is 51.8 Å². The number of hydrogen-bond donors (Lipinski definition) is 0. The molecular weight excluding hydrogens is 262 g/mol. The van der Waals surface area contributed by atoms with E-state index < -0.39 is 0 Å². The summed E-state index contributed by atoms with van der Waals surface area (Å²) >= 11 is 0. The molecular formula is C18H27NO2. The van der Waals surface area contributed by atoms with Gasteiger partial charge in [0.15, 0.2) is 11.5 Å². The molecule has 0 amide bonds. The first kappa shape index (κ1) is 17.3. The maximum Gasteiger partial charge on any atom is 0.231 e. The van der Waals surface area contributed by atoms with E-state index in [0.717, 1.165) is 22.6 Å². The monoisotopic (exact) mass is 289 g/mol. The number of unbranched alkanes of at least 4 members (excludes halogenated alkanes) is 1. The summed E-state index contributed by atoms with van der Waals surface area (Å²) in [7, 11) is 0. The third-order valence-corrected chi connectivity index (χ3v) is 3.39. The van der Waals surface area contributed by atoms with E-state index in [2.05, 4.69) is 25.8 Å². The number of ether oxygens (including phenoxy) is 2. The number of nitrogens with zero attached hydrogens (tertiary/aromatic N) is 1. The molecule has 0 atom stereocenters. The molecule has 0 spiro atoms. The summed E-state index contributed by atoms with van der Waals surface area (Å²) in [5.74, 6) is 1.64. The van der Waals surface area contributed by atoms with E-state index in [1.807, 2.05) is 39.1 Å². The molecule has 3 heteroatoms. The van der Waals surface area contributed by atoms with Gasteiger partial charge in [0.05, 0.1) is 0 Å². The van der Waals surface area contributed by atoms with Gasteiger partial charge in [0, 0.05) is 17.3 Å². The number of hydrogen-bond acceptors (Lipinski definition) is 3. The Balaban J connectivity index is 0.000000322. The van der Waals surface area contributed by atoms with Crippen molar-refractivity contribution in [3.05, 3.63) is 29.6 Å². The first-order valence-corrected chi connectivity index (χ1v) is 7.82. The van der Waals surface area contributed by atoms with Crippen molar-refractivity contribution in [1.29, 1.82) is 0 Å². The van der Waals surface area contributed by atoms with Gasteiger partial charge in [-0.05, 0) is 36.9 Å². The number of fused-ring (bicyclic) bond motifs is 2. The molecule has 0 aliphatic carbocycles. The zero-order valence-corrected chi connectivity index (χ0v) is 14.1. The Kier molecular flexibility index (Phi) is 7.00. The first-order chi connectivity index (χ1) is 10.2. The van der Waals surface area contributed by atoms with Crippen LogP contribution in [0.4, 0.5) is 0 Å². The van der Waals surface area contributed by atoms with Crippen LogP contribution in [0.25, 0.3) is 10.8 Å². The Hall–Kier alpha value is -1.77. The van der Waals surface area contributed by atoms with Gasteiger partial charge in [-0.15, -0.1) is 0 Å². The van der Waals surface area contributed by atoms with Gasteiger partial charge >= 0.3 is 0 Å². The molecule has 0 saturated heterocycles. The van der Waals surface area contributed by atoms with Crippen LogP contribution in [-0.4, -0.2) is 11.8 Å². The van der Waals surface area contributed by atoms with Crippen LogP contribution in [0, 0.1) is 13.8 Å². The minimum Gasteiger partial charge on any atom is -0.454 e. The highest BCUT2D eigenvalue weighted by molar-refractivity contribution is 5.88. The Labute approximate surface area is 128 Å². The highest BCUT2D eigenvalue weighted by Gasteiger charge is 2.15. The SMILES string of the molecule is CC.CCCC.Cc1ncc2cc3c(cc2c1C)OCO3. The lowest BCUT2D eigenvalue weighted by atomic mass is 10.1. The van der Waals surface area contributed by atoms with Crippen LogP contribution in [0.2, 0.25) is 0 Å². The number of aromatic nitrogens is 1. The van der Waals surface area contributed by atoms with Gasteiger partial charge in [-0.25, -0.2) is 0 Å². The zero-order chi connectivity index (χ0) is 15.8. The smallest absolute Gasteiger partial charge is 0.231 e. The Morgan fingerprint density at radius 3 is 2.14 bits per heavy atom. The van der Waals surface area contributed by atoms with Crippen LogP contribution >= 0.6 is 0 Å². The fourth-order valence-corrected chi connectivity index (χ4v) is 1.85. The quantitative estimate of drug-likeness (QED) is 0.703. The number of benzene rings is 1. The largest absolute Gasteiger partial charge is 0.454 e. The molecule has 1 aliphatic heterocycles. The molecule has 21 heavy (non-hydrogen) atoms. The number of rotatable bonds is 1. The van der Waals surface area contributed by atoms with E-state index in [0.29, 0.717) is 6.79 Å². The molecule has 0 fully saturated rings. The molecule has 0 unspecified atom stereocenters. The van der Waals surface area contributed by atoms with Crippen LogP contribution in [0.5, 0.6) is 11.5 Å². The lowest BCUT2D eigenvalue weighted by molar-refractivity contribution is 0.174. The third kappa shape index (κ3) is 4.10. The molecule has 2 aromatic rings. The summed E-state index contributed by atoms with van der Waals surface area (Å²) < 4.78 is 10.7. The third-order valence-electron chi connectivity index (χ3n) is 3.39. The normalized spacial score (nSPS) is 11.3. The molecule has 116 valence electrons. The Morgan fingerprint density at radius 1 is 1.00 bits per heavy atom. The van der Waals surface area contributed by atoms with Crippen molar-refractivity contribution in [2.75, 3.05) is 6.79 Å². The minimum absolute atomic E-state index is 0.317. The highest BCUT2D eigenvalue weighted by atomic mass is 16.7. The van der Waals surface area contributed by atoms with Crippen molar-refractivity contribution in [2.24, 2.45) is 0 Å². The first-order valence-electron chi connectivity index (χ1n) is 7.82. The van der Waals surface area contributed by atoms with Crippen molar-refractivity contribution in [3.63, 3.8) is 0 Å². The average Bonchev–Trinajstić information content (AvgIpc) is 2.99. The van der Waals surface area contributed by atoms with Gasteiger partial charge in [-0.1, -0.05) is 40.5 Å². The van der Waals surface area contributed by atoms with Crippen LogP contribution in [0.3, 0.4) is 0 Å². The summed E-state index contributed by atoms with van der Waals surface area (Å²) in [6, 6.07) is 4.01. The van der Waals surface area contributed by atoms with E-state index in [1.165, 1.54) is 23.8 Å². The number of pyridine rings is 1. The van der Waals surface area contributed by atoms with E-state index in [4.69, 9.17) is 9.47 Å². The van der Waals surface area contributed by atoms with Crippen LogP contribution in [0.15, 0.2) is 18.3 Å². The van der Waals surface area contributed by atoms with Gasteiger partial charge < -0.3 is 9.47 Å². The molecule has 0 saturated carbocycles. The van der Waals surface area contributed by atoms with Crippen LogP contribution in [-0.2, 0) is 0 Å². The molecule has 1 aromatic carbocycles. The molecule has 3 rings (SSSR count). The standard InChI is InChI=1S/C12H11NO2.C4H10.C2H6/c1-7-8(2)13-5-9-3-11-12(4-10(7)9)15-6-14-11;1-3-4-2;1-2/h3-5H,6H2,1-2H3;3-4H2,1-2H3;1-2H3. The second-order valence-corrected chi connectivity index (χ2v) is 4.76. The van der Waals surface area contributed by atoms with Crippen LogP contribution < -0.4 is 9.47 Å². The summed E-state index contributed by atoms with van der Waals surface area (Å²) in [4.78, 5) is 4.34. The second kappa shape index (κ2) is 8.50. The van der Waals surface area contributed by atoms with Crippen molar-refractivity contribution >= 4 is 10.8 Å². The van der Waals surface area contributed by atoms with Crippen molar-refractivity contribution < 1.29 is 9.47 Å². The fourth-order valence-electron chi connectivity index (χ4n) is 1.85. The van der Waals surface area contributed by atoms with Crippen molar-refractivity contribution in [1.82, 2.24) is 4.98 Å². The van der Waals surface area contributed by atoms with E-state index >= 15 is 0 Å². The lowest BCUT2D eigenvalue weighted by Gasteiger charge is -2.05. The maximum absolute atomic E-state index is 5.36. The second-order valence-electron chi connectivity index (χ2n) is 4.76.